The van der Waals surface area contributed by atoms with Gasteiger partial charge in [0.1, 0.15) is 0 Å². The molecule has 2 aliphatic heterocycles. The van der Waals surface area contributed by atoms with Gasteiger partial charge in [0.15, 0.2) is 0 Å². The normalized spacial score (nSPS) is 20.2. The molecular formula is C23H28N6O3. The molecule has 3 aromatic rings. The summed E-state index contributed by atoms with van der Waals surface area (Å²) in [7, 11) is 0. The molecule has 9 nitrogen and oxygen atoms in total. The summed E-state index contributed by atoms with van der Waals surface area (Å²) in [5.41, 5.74) is 2.80. The molecule has 0 saturated carbocycles. The molecule has 0 radical (unpaired) electrons. The minimum Gasteiger partial charge on any atom is -0.420 e. The zero-order chi connectivity index (χ0) is 22.1. The molecule has 2 aliphatic rings. The Labute approximate surface area is 186 Å². The molecule has 2 fully saturated rings. The maximum Gasteiger partial charge on any atom is 0.247 e. The molecule has 2 saturated heterocycles. The first-order chi connectivity index (χ1) is 15.5. The van der Waals surface area contributed by atoms with Gasteiger partial charge in [0.25, 0.3) is 0 Å². The molecule has 3 aromatic heterocycles. The highest BCUT2D eigenvalue weighted by Gasteiger charge is 2.51. The number of aryl methyl sites for hydroxylation is 3. The van der Waals surface area contributed by atoms with Crippen LogP contribution in [0.2, 0.25) is 0 Å². The predicted molar refractivity (Wildman–Crippen MR) is 116 cm³/mol. The Morgan fingerprint density at radius 2 is 1.97 bits per heavy atom. The zero-order valence-corrected chi connectivity index (χ0v) is 18.5. The lowest BCUT2D eigenvalue weighted by molar-refractivity contribution is -0.131. The van der Waals surface area contributed by atoms with Crippen LogP contribution in [-0.2, 0) is 16.1 Å². The van der Waals surface area contributed by atoms with E-state index in [0.717, 1.165) is 29.8 Å². The van der Waals surface area contributed by atoms with Crippen molar-refractivity contribution in [2.45, 2.75) is 45.6 Å². The van der Waals surface area contributed by atoms with E-state index in [9.17, 15) is 4.79 Å². The van der Waals surface area contributed by atoms with Gasteiger partial charge in [-0.2, -0.15) is 5.10 Å². The van der Waals surface area contributed by atoms with E-state index in [4.69, 9.17) is 9.15 Å². The van der Waals surface area contributed by atoms with E-state index in [1.807, 2.05) is 41.6 Å². The van der Waals surface area contributed by atoms with Crippen LogP contribution in [0.3, 0.4) is 0 Å². The minimum atomic E-state index is -0.0891. The van der Waals surface area contributed by atoms with Gasteiger partial charge in [-0.15, -0.1) is 10.2 Å². The second-order valence-electron chi connectivity index (χ2n) is 8.88. The van der Waals surface area contributed by atoms with Crippen molar-refractivity contribution in [2.24, 2.45) is 5.41 Å². The van der Waals surface area contributed by atoms with Crippen molar-refractivity contribution in [1.82, 2.24) is 29.9 Å². The summed E-state index contributed by atoms with van der Waals surface area (Å²) in [5.74, 6) is 1.23. The molecular weight excluding hydrogens is 408 g/mol. The third-order valence-electron chi connectivity index (χ3n) is 6.80. The molecule has 1 spiro atoms. The quantitative estimate of drug-likeness (QED) is 0.606. The van der Waals surface area contributed by atoms with Crippen LogP contribution in [0.5, 0.6) is 0 Å². The lowest BCUT2D eigenvalue weighted by atomic mass is 9.72. The molecule has 5 heterocycles. The van der Waals surface area contributed by atoms with E-state index in [2.05, 4.69) is 20.3 Å². The Balaban J connectivity index is 1.34. The molecule has 0 aliphatic carbocycles. The Kier molecular flexibility index (Phi) is 5.50. The van der Waals surface area contributed by atoms with E-state index >= 15 is 0 Å². The highest BCUT2D eigenvalue weighted by molar-refractivity contribution is 5.76. The Morgan fingerprint density at radius 1 is 1.19 bits per heavy atom. The number of ether oxygens (including phenoxy) is 1. The molecule has 1 amide bonds. The SMILES string of the molecule is Cc1cc(C)n(CCC(=O)N2CC(c3nnc(-c4ccncc4)o3)C3(CCOCC3)C2)n1. The lowest BCUT2D eigenvalue weighted by Crippen LogP contribution is -2.37. The predicted octanol–water partition coefficient (Wildman–Crippen LogP) is 2.76. The van der Waals surface area contributed by atoms with Crippen LogP contribution < -0.4 is 0 Å². The fourth-order valence-corrected chi connectivity index (χ4v) is 5.03. The minimum absolute atomic E-state index is 0.00659. The Morgan fingerprint density at radius 3 is 2.69 bits per heavy atom. The van der Waals surface area contributed by atoms with Crippen LogP contribution in [0.4, 0.5) is 0 Å². The van der Waals surface area contributed by atoms with Gasteiger partial charge in [0.05, 0.1) is 11.6 Å². The number of carbonyl (C=O) groups excluding carboxylic acids is 1. The molecule has 1 unspecified atom stereocenters. The smallest absolute Gasteiger partial charge is 0.247 e. The van der Waals surface area contributed by atoms with Gasteiger partial charge in [0, 0.05) is 68.3 Å². The van der Waals surface area contributed by atoms with E-state index in [1.165, 1.54) is 0 Å². The number of aromatic nitrogens is 5. The van der Waals surface area contributed by atoms with Gasteiger partial charge < -0.3 is 14.1 Å². The largest absolute Gasteiger partial charge is 0.420 e. The van der Waals surface area contributed by atoms with E-state index < -0.39 is 0 Å². The van der Waals surface area contributed by atoms with E-state index in [-0.39, 0.29) is 17.2 Å². The topological polar surface area (TPSA) is 99.2 Å². The van der Waals surface area contributed by atoms with Gasteiger partial charge in [-0.1, -0.05) is 0 Å². The van der Waals surface area contributed by atoms with Crippen molar-refractivity contribution in [3.8, 4) is 11.5 Å². The zero-order valence-electron chi connectivity index (χ0n) is 18.5. The van der Waals surface area contributed by atoms with Gasteiger partial charge in [-0.05, 0) is 44.9 Å². The van der Waals surface area contributed by atoms with Crippen LogP contribution in [0.25, 0.3) is 11.5 Å². The van der Waals surface area contributed by atoms with Crippen LogP contribution in [0.15, 0.2) is 35.0 Å². The average molecular weight is 437 g/mol. The number of amides is 1. The van der Waals surface area contributed by atoms with Crippen molar-refractivity contribution in [1.29, 1.82) is 0 Å². The number of carbonyl (C=O) groups is 1. The highest BCUT2D eigenvalue weighted by atomic mass is 16.5. The highest BCUT2D eigenvalue weighted by Crippen LogP contribution is 2.49. The van der Waals surface area contributed by atoms with Gasteiger partial charge in [0.2, 0.25) is 17.7 Å². The van der Waals surface area contributed by atoms with Crippen LogP contribution >= 0.6 is 0 Å². The summed E-state index contributed by atoms with van der Waals surface area (Å²) in [4.78, 5) is 19.2. The molecule has 168 valence electrons. The monoisotopic (exact) mass is 436 g/mol. The third-order valence-corrected chi connectivity index (χ3v) is 6.80. The van der Waals surface area contributed by atoms with Gasteiger partial charge in [-0.25, -0.2) is 0 Å². The van der Waals surface area contributed by atoms with Crippen molar-refractivity contribution in [3.63, 3.8) is 0 Å². The van der Waals surface area contributed by atoms with Crippen molar-refractivity contribution in [2.75, 3.05) is 26.3 Å². The van der Waals surface area contributed by atoms with E-state index in [1.54, 1.807) is 12.4 Å². The van der Waals surface area contributed by atoms with E-state index in [0.29, 0.717) is 51.1 Å². The maximum absolute atomic E-state index is 13.1. The molecule has 0 bridgehead atoms. The number of hydrogen-bond acceptors (Lipinski definition) is 7. The Bertz CT molecular complexity index is 1090. The van der Waals surface area contributed by atoms with Crippen LogP contribution in [0, 0.1) is 19.3 Å². The number of nitrogens with zero attached hydrogens (tertiary/aromatic N) is 6. The first-order valence-electron chi connectivity index (χ1n) is 11.1. The first kappa shape index (κ1) is 20.8. The maximum atomic E-state index is 13.1. The fourth-order valence-electron chi connectivity index (χ4n) is 5.03. The Hall–Kier alpha value is -3.07. The second kappa shape index (κ2) is 8.46. The first-order valence-corrected chi connectivity index (χ1v) is 11.1. The molecule has 1 atom stereocenters. The van der Waals surface area contributed by atoms with Gasteiger partial charge in [-0.3, -0.25) is 14.5 Å². The standard InChI is InChI=1S/C23H28N6O3/c1-16-13-17(2)29(27-16)10-5-20(30)28-14-19(23(15-28)6-11-31-12-7-23)22-26-25-21(32-22)18-3-8-24-9-4-18/h3-4,8-9,13,19H,5-7,10-12,14-15H2,1-2H3. The molecule has 0 N–H and O–H groups in total. The number of pyridine rings is 1. The summed E-state index contributed by atoms with van der Waals surface area (Å²) >= 11 is 0. The number of likely N-dealkylation sites (tertiary alicyclic amines) is 1. The number of hydrogen-bond donors (Lipinski definition) is 0. The van der Waals surface area contributed by atoms with Crippen LogP contribution in [-0.4, -0.2) is 62.1 Å². The third kappa shape index (κ3) is 3.92. The number of rotatable bonds is 5. The summed E-state index contributed by atoms with van der Waals surface area (Å²) in [6, 6.07) is 5.74. The molecule has 32 heavy (non-hydrogen) atoms. The van der Waals surface area contributed by atoms with Crippen molar-refractivity contribution in [3.05, 3.63) is 47.9 Å². The fraction of sp³-hybridized carbons (Fsp3) is 0.522. The van der Waals surface area contributed by atoms with Crippen LogP contribution in [0.1, 0.15) is 42.5 Å². The van der Waals surface area contributed by atoms with Crippen molar-refractivity contribution < 1.29 is 13.9 Å². The summed E-state index contributed by atoms with van der Waals surface area (Å²) in [5, 5.41) is 13.1. The second-order valence-corrected chi connectivity index (χ2v) is 8.88. The molecule has 9 heteroatoms. The van der Waals surface area contributed by atoms with Crippen molar-refractivity contribution >= 4 is 5.91 Å². The lowest BCUT2D eigenvalue weighted by Gasteiger charge is -2.36. The summed E-state index contributed by atoms with van der Waals surface area (Å²) in [6.45, 7) is 7.24. The summed E-state index contributed by atoms with van der Waals surface area (Å²) in [6.07, 6.45) is 5.60. The summed E-state index contributed by atoms with van der Waals surface area (Å²) < 4.78 is 13.7. The van der Waals surface area contributed by atoms with Gasteiger partial charge >= 0.3 is 0 Å². The molecule has 0 aromatic carbocycles. The molecule has 5 rings (SSSR count). The average Bonchev–Trinajstić information content (AvgIpc) is 3.51.